The molecule has 78 valence electrons. The third kappa shape index (κ3) is 2.52. The summed E-state index contributed by atoms with van der Waals surface area (Å²) >= 11 is 0. The van der Waals surface area contributed by atoms with Gasteiger partial charge in [-0.2, -0.15) is 0 Å². The van der Waals surface area contributed by atoms with E-state index in [1.54, 1.807) is 10.9 Å². The molecule has 0 aliphatic carbocycles. The van der Waals surface area contributed by atoms with Gasteiger partial charge in [-0.3, -0.25) is 4.98 Å². The Bertz CT molecular complexity index is 449. The van der Waals surface area contributed by atoms with Crippen LogP contribution in [0.25, 0.3) is 0 Å². The number of nitrogens with two attached hydrogens (primary N) is 1. The predicted molar refractivity (Wildman–Crippen MR) is 57.1 cm³/mol. The summed E-state index contributed by atoms with van der Waals surface area (Å²) in [4.78, 5) is 4.40. The van der Waals surface area contributed by atoms with Gasteiger partial charge in [0.25, 0.3) is 0 Å². The van der Waals surface area contributed by atoms with Gasteiger partial charge >= 0.3 is 0 Å². The molecule has 0 unspecified atom stereocenters. The number of hydrogen-bond donors (Lipinski definition) is 1. The molecule has 2 aromatic rings. The van der Waals surface area contributed by atoms with Crippen LogP contribution in [0, 0.1) is 6.92 Å². The Hall–Kier alpha value is -1.91. The van der Waals surface area contributed by atoms with Crippen LogP contribution in [0.4, 0.5) is 5.82 Å². The van der Waals surface area contributed by atoms with Crippen LogP contribution in [0.3, 0.4) is 0 Å². The fraction of sp³-hybridized carbons (Fsp3) is 0.300. The maximum Gasteiger partial charge on any atom is 0.165 e. The number of nitrogens with zero attached hydrogens (tertiary/aromatic N) is 4. The molecular weight excluding hydrogens is 190 g/mol. The van der Waals surface area contributed by atoms with Crippen molar-refractivity contribution in [3.05, 3.63) is 35.8 Å². The Morgan fingerprint density at radius 1 is 1.40 bits per heavy atom. The molecule has 0 saturated heterocycles. The zero-order chi connectivity index (χ0) is 10.7. The molecule has 0 aliphatic rings. The van der Waals surface area contributed by atoms with E-state index in [0.717, 1.165) is 24.4 Å². The van der Waals surface area contributed by atoms with Crippen molar-refractivity contribution in [2.24, 2.45) is 0 Å². The Balaban J connectivity index is 1.99. The Morgan fingerprint density at radius 2 is 2.27 bits per heavy atom. The van der Waals surface area contributed by atoms with E-state index in [-0.39, 0.29) is 0 Å². The van der Waals surface area contributed by atoms with Crippen molar-refractivity contribution >= 4 is 5.82 Å². The summed E-state index contributed by atoms with van der Waals surface area (Å²) in [7, 11) is 0. The molecule has 2 aromatic heterocycles. The first kappa shape index (κ1) is 9.64. The number of nitrogen functional groups attached to an aromatic ring is 1. The topological polar surface area (TPSA) is 69.6 Å². The van der Waals surface area contributed by atoms with E-state index in [4.69, 9.17) is 5.73 Å². The second-order valence-electron chi connectivity index (χ2n) is 3.43. The first-order valence-electron chi connectivity index (χ1n) is 4.82. The average molecular weight is 203 g/mol. The van der Waals surface area contributed by atoms with Gasteiger partial charge in [0.05, 0.1) is 6.20 Å². The van der Waals surface area contributed by atoms with Gasteiger partial charge in [0, 0.05) is 24.4 Å². The summed E-state index contributed by atoms with van der Waals surface area (Å²) in [5.41, 5.74) is 7.55. The highest BCUT2D eigenvalue weighted by Crippen LogP contribution is 2.01. The first-order chi connectivity index (χ1) is 7.24. The van der Waals surface area contributed by atoms with E-state index in [1.165, 1.54) is 0 Å². The Morgan fingerprint density at radius 3 is 2.93 bits per heavy atom. The number of hydrogen-bond acceptors (Lipinski definition) is 4. The van der Waals surface area contributed by atoms with Crippen molar-refractivity contribution in [3.8, 4) is 0 Å². The van der Waals surface area contributed by atoms with Crippen LogP contribution in [0.1, 0.15) is 11.4 Å². The number of aryl methyl sites for hydroxylation is 3. The summed E-state index contributed by atoms with van der Waals surface area (Å²) in [6, 6.07) is 6.00. The molecule has 2 N–H and O–H groups in total. The minimum atomic E-state index is 0.451. The molecule has 0 radical (unpaired) electrons. The number of anilines is 1. The highest BCUT2D eigenvalue weighted by molar-refractivity contribution is 5.19. The highest BCUT2D eigenvalue weighted by Gasteiger charge is 1.98. The summed E-state index contributed by atoms with van der Waals surface area (Å²) in [6.07, 6.45) is 2.56. The van der Waals surface area contributed by atoms with Crippen LogP contribution in [0.5, 0.6) is 0 Å². The fourth-order valence-corrected chi connectivity index (χ4v) is 1.39. The van der Waals surface area contributed by atoms with Crippen LogP contribution in [-0.2, 0) is 13.0 Å². The van der Waals surface area contributed by atoms with Gasteiger partial charge in [0.1, 0.15) is 0 Å². The van der Waals surface area contributed by atoms with Crippen LogP contribution in [0.2, 0.25) is 0 Å². The van der Waals surface area contributed by atoms with Gasteiger partial charge in [0.2, 0.25) is 0 Å². The third-order valence-electron chi connectivity index (χ3n) is 2.10. The molecule has 5 nitrogen and oxygen atoms in total. The molecular formula is C10H13N5. The Labute approximate surface area is 87.9 Å². The maximum atomic E-state index is 5.46. The minimum absolute atomic E-state index is 0.451. The first-order valence-corrected chi connectivity index (χ1v) is 4.82. The van der Waals surface area contributed by atoms with Crippen LogP contribution < -0.4 is 5.73 Å². The molecule has 0 amide bonds. The van der Waals surface area contributed by atoms with Crippen molar-refractivity contribution < 1.29 is 0 Å². The van der Waals surface area contributed by atoms with E-state index < -0.39 is 0 Å². The van der Waals surface area contributed by atoms with E-state index in [1.807, 2.05) is 25.1 Å². The van der Waals surface area contributed by atoms with Crippen molar-refractivity contribution in [2.75, 3.05) is 5.73 Å². The molecule has 0 atom stereocenters. The lowest BCUT2D eigenvalue weighted by Crippen LogP contribution is -2.03. The fourth-order valence-electron chi connectivity index (χ4n) is 1.39. The molecule has 0 bridgehead atoms. The highest BCUT2D eigenvalue weighted by atomic mass is 15.4. The standard InChI is InChI=1S/C10H13N5/c1-8-3-2-4-9(12-8)5-6-15-7-10(11)13-14-15/h2-4,7H,5-6,11H2,1H3. The zero-order valence-electron chi connectivity index (χ0n) is 8.59. The predicted octanol–water partition coefficient (Wildman–Crippen LogP) is 0.806. The quantitative estimate of drug-likeness (QED) is 0.801. The van der Waals surface area contributed by atoms with Gasteiger partial charge in [-0.25, -0.2) is 4.68 Å². The van der Waals surface area contributed by atoms with E-state index in [0.29, 0.717) is 5.82 Å². The van der Waals surface area contributed by atoms with E-state index in [9.17, 15) is 0 Å². The smallest absolute Gasteiger partial charge is 0.165 e. The lowest BCUT2D eigenvalue weighted by atomic mass is 10.2. The molecule has 0 saturated carbocycles. The summed E-state index contributed by atoms with van der Waals surface area (Å²) in [6.45, 7) is 2.73. The van der Waals surface area contributed by atoms with Gasteiger partial charge in [-0.15, -0.1) is 5.10 Å². The summed E-state index contributed by atoms with van der Waals surface area (Å²) in [5.74, 6) is 0.451. The largest absolute Gasteiger partial charge is 0.381 e. The van der Waals surface area contributed by atoms with Crippen molar-refractivity contribution in [3.63, 3.8) is 0 Å². The number of rotatable bonds is 3. The number of pyridine rings is 1. The van der Waals surface area contributed by atoms with Gasteiger partial charge in [0.15, 0.2) is 5.82 Å². The maximum absolute atomic E-state index is 5.46. The molecule has 5 heteroatoms. The molecule has 0 aliphatic heterocycles. The zero-order valence-corrected chi connectivity index (χ0v) is 8.59. The second kappa shape index (κ2) is 4.08. The normalized spacial score (nSPS) is 10.5. The third-order valence-corrected chi connectivity index (χ3v) is 2.10. The minimum Gasteiger partial charge on any atom is -0.381 e. The SMILES string of the molecule is Cc1cccc(CCn2cc(N)nn2)n1. The second-order valence-corrected chi connectivity index (χ2v) is 3.43. The van der Waals surface area contributed by atoms with Gasteiger partial charge in [-0.1, -0.05) is 11.3 Å². The van der Waals surface area contributed by atoms with E-state index >= 15 is 0 Å². The summed E-state index contributed by atoms with van der Waals surface area (Å²) < 4.78 is 1.72. The monoisotopic (exact) mass is 203 g/mol. The van der Waals surface area contributed by atoms with Crippen LogP contribution >= 0.6 is 0 Å². The number of aromatic nitrogens is 4. The lowest BCUT2D eigenvalue weighted by Gasteiger charge is -2.01. The van der Waals surface area contributed by atoms with Crippen molar-refractivity contribution in [2.45, 2.75) is 19.9 Å². The van der Waals surface area contributed by atoms with Gasteiger partial charge in [-0.05, 0) is 19.1 Å². The Kier molecular flexibility index (Phi) is 2.62. The molecule has 0 aromatic carbocycles. The van der Waals surface area contributed by atoms with Crippen molar-refractivity contribution in [1.29, 1.82) is 0 Å². The molecule has 15 heavy (non-hydrogen) atoms. The van der Waals surface area contributed by atoms with Crippen molar-refractivity contribution in [1.82, 2.24) is 20.0 Å². The van der Waals surface area contributed by atoms with Gasteiger partial charge < -0.3 is 5.73 Å². The molecule has 2 heterocycles. The summed E-state index contributed by atoms with van der Waals surface area (Å²) in [5, 5.41) is 7.58. The lowest BCUT2D eigenvalue weighted by molar-refractivity contribution is 0.583. The van der Waals surface area contributed by atoms with Crippen LogP contribution in [-0.4, -0.2) is 20.0 Å². The van der Waals surface area contributed by atoms with E-state index in [2.05, 4.69) is 15.3 Å². The van der Waals surface area contributed by atoms with Crippen LogP contribution in [0.15, 0.2) is 24.4 Å². The molecule has 0 spiro atoms. The molecule has 2 rings (SSSR count). The average Bonchev–Trinajstić information content (AvgIpc) is 2.62. The molecule has 0 fully saturated rings.